The Morgan fingerprint density at radius 1 is 1.24 bits per heavy atom. The molecule has 0 amide bonds. The van der Waals surface area contributed by atoms with Crippen LogP contribution in [0.3, 0.4) is 0 Å². The predicted octanol–water partition coefficient (Wildman–Crippen LogP) is 4.28. The number of halogens is 1. The lowest BCUT2D eigenvalue weighted by atomic mass is 10.1. The van der Waals surface area contributed by atoms with E-state index in [1.165, 1.54) is 32.8 Å². The largest absolute Gasteiger partial charge is 0.465 e. The number of ether oxygens (including phenoxy) is 1. The van der Waals surface area contributed by atoms with Gasteiger partial charge in [0.15, 0.2) is 0 Å². The number of hydrogen-bond donors (Lipinski definition) is 1. The summed E-state index contributed by atoms with van der Waals surface area (Å²) < 4.78 is 4.72. The number of nitrogens with one attached hydrogen (secondary N) is 1. The van der Waals surface area contributed by atoms with E-state index in [2.05, 4.69) is 16.9 Å². The van der Waals surface area contributed by atoms with Crippen LogP contribution in [-0.4, -0.2) is 23.0 Å². The quantitative estimate of drug-likeness (QED) is 0.613. The van der Waals surface area contributed by atoms with E-state index in [1.807, 2.05) is 6.07 Å². The fraction of sp³-hybridized carbons (Fsp3) is 0.500. The van der Waals surface area contributed by atoms with E-state index >= 15 is 0 Å². The Labute approximate surface area is 131 Å². The van der Waals surface area contributed by atoms with Crippen LogP contribution >= 0.6 is 12.4 Å². The maximum absolute atomic E-state index is 11.5. The van der Waals surface area contributed by atoms with E-state index < -0.39 is 0 Å². The zero-order chi connectivity index (χ0) is 14.4. The molecule has 0 bridgehead atoms. The summed E-state index contributed by atoms with van der Waals surface area (Å²) in [6.45, 7) is 2.22. The number of fused-ring (bicyclic) bond motifs is 1. The third-order valence-corrected chi connectivity index (χ3v) is 3.47. The van der Waals surface area contributed by atoms with E-state index in [9.17, 15) is 4.79 Å². The van der Waals surface area contributed by atoms with Crippen LogP contribution in [-0.2, 0) is 11.2 Å². The van der Waals surface area contributed by atoms with Gasteiger partial charge in [-0.1, -0.05) is 32.6 Å². The number of aryl methyl sites for hydroxylation is 1. The fourth-order valence-corrected chi connectivity index (χ4v) is 2.32. The Morgan fingerprint density at radius 2 is 2.00 bits per heavy atom. The molecule has 0 unspecified atom stereocenters. The molecule has 0 spiro atoms. The number of aromatic amines is 1. The van der Waals surface area contributed by atoms with Gasteiger partial charge in [0.2, 0.25) is 0 Å². The maximum atomic E-state index is 11.5. The van der Waals surface area contributed by atoms with Gasteiger partial charge >= 0.3 is 5.97 Å². The Hall–Kier alpha value is -1.55. The predicted molar refractivity (Wildman–Crippen MR) is 87.1 cm³/mol. The minimum atomic E-state index is -0.317. The maximum Gasteiger partial charge on any atom is 0.337 e. The van der Waals surface area contributed by atoms with Crippen LogP contribution in [0.15, 0.2) is 18.2 Å². The highest BCUT2D eigenvalue weighted by Crippen LogP contribution is 2.16. The second-order valence-corrected chi connectivity index (χ2v) is 5.07. The summed E-state index contributed by atoms with van der Waals surface area (Å²) in [7, 11) is 1.39. The zero-order valence-corrected chi connectivity index (χ0v) is 13.5. The van der Waals surface area contributed by atoms with Gasteiger partial charge in [-0.15, -0.1) is 12.4 Å². The molecule has 1 aromatic carbocycles. The van der Waals surface area contributed by atoms with Gasteiger partial charge in [-0.05, 0) is 24.6 Å². The Morgan fingerprint density at radius 3 is 2.71 bits per heavy atom. The average molecular weight is 311 g/mol. The summed E-state index contributed by atoms with van der Waals surface area (Å²) >= 11 is 0. The summed E-state index contributed by atoms with van der Waals surface area (Å²) in [5.74, 6) is 0.682. The van der Waals surface area contributed by atoms with Gasteiger partial charge in [0.1, 0.15) is 5.82 Å². The molecule has 1 aromatic heterocycles. The van der Waals surface area contributed by atoms with E-state index in [4.69, 9.17) is 4.74 Å². The molecule has 0 aliphatic rings. The number of unbranched alkanes of at least 4 members (excludes halogenated alkanes) is 4. The molecule has 4 nitrogen and oxygen atoms in total. The monoisotopic (exact) mass is 310 g/mol. The van der Waals surface area contributed by atoms with Crippen LogP contribution in [0.2, 0.25) is 0 Å². The highest BCUT2D eigenvalue weighted by atomic mass is 35.5. The van der Waals surface area contributed by atoms with E-state index in [-0.39, 0.29) is 18.4 Å². The first-order valence-corrected chi connectivity index (χ1v) is 7.31. The molecule has 0 aliphatic heterocycles. The van der Waals surface area contributed by atoms with Crippen molar-refractivity contribution in [3.8, 4) is 0 Å². The number of carbonyl (C=O) groups is 1. The standard InChI is InChI=1S/C16H22N2O2.ClH/c1-3-4-5-6-7-8-15-17-13-10-9-12(16(19)20-2)11-14(13)18-15;/h9-11H,3-8H2,1-2H3,(H,17,18);1H. The molecule has 2 aromatic rings. The topological polar surface area (TPSA) is 55.0 Å². The smallest absolute Gasteiger partial charge is 0.337 e. The molecule has 0 atom stereocenters. The highest BCUT2D eigenvalue weighted by molar-refractivity contribution is 5.93. The highest BCUT2D eigenvalue weighted by Gasteiger charge is 2.08. The molecule has 0 radical (unpaired) electrons. The number of H-pyrrole nitrogens is 1. The van der Waals surface area contributed by atoms with Gasteiger partial charge in [0.25, 0.3) is 0 Å². The molecule has 0 aliphatic carbocycles. The van der Waals surface area contributed by atoms with Crippen molar-refractivity contribution in [1.29, 1.82) is 0 Å². The van der Waals surface area contributed by atoms with Crippen molar-refractivity contribution in [2.24, 2.45) is 0 Å². The van der Waals surface area contributed by atoms with E-state index in [0.29, 0.717) is 5.56 Å². The summed E-state index contributed by atoms with van der Waals surface area (Å²) in [4.78, 5) is 19.3. The van der Waals surface area contributed by atoms with Crippen LogP contribution in [0.5, 0.6) is 0 Å². The lowest BCUT2D eigenvalue weighted by molar-refractivity contribution is 0.0601. The van der Waals surface area contributed by atoms with E-state index in [1.54, 1.807) is 12.1 Å². The van der Waals surface area contributed by atoms with Crippen LogP contribution in [0.1, 0.15) is 55.2 Å². The van der Waals surface area contributed by atoms with Gasteiger partial charge in [0, 0.05) is 6.42 Å². The molecule has 21 heavy (non-hydrogen) atoms. The van der Waals surface area contributed by atoms with Crippen LogP contribution in [0, 0.1) is 0 Å². The summed E-state index contributed by atoms with van der Waals surface area (Å²) in [5, 5.41) is 0. The second-order valence-electron chi connectivity index (χ2n) is 5.07. The van der Waals surface area contributed by atoms with Gasteiger partial charge < -0.3 is 9.72 Å². The Bertz CT molecular complexity index is 581. The lowest BCUT2D eigenvalue weighted by Crippen LogP contribution is -2.00. The molecule has 0 saturated heterocycles. The van der Waals surface area contributed by atoms with Crippen molar-refractivity contribution in [3.05, 3.63) is 29.6 Å². The average Bonchev–Trinajstić information content (AvgIpc) is 2.87. The SMILES string of the molecule is CCCCCCCc1nc2ccc(C(=O)OC)cc2[nH]1.Cl. The van der Waals surface area contributed by atoms with Gasteiger partial charge in [0.05, 0.1) is 23.7 Å². The number of methoxy groups -OCH3 is 1. The van der Waals surface area contributed by atoms with Crippen molar-refractivity contribution in [3.63, 3.8) is 0 Å². The van der Waals surface area contributed by atoms with Crippen molar-refractivity contribution in [2.45, 2.75) is 45.4 Å². The van der Waals surface area contributed by atoms with Crippen molar-refractivity contribution < 1.29 is 9.53 Å². The number of hydrogen-bond acceptors (Lipinski definition) is 3. The van der Waals surface area contributed by atoms with Crippen molar-refractivity contribution in [1.82, 2.24) is 9.97 Å². The normalized spacial score (nSPS) is 10.4. The Kier molecular flexibility index (Phi) is 7.23. The minimum absolute atomic E-state index is 0. The lowest BCUT2D eigenvalue weighted by Gasteiger charge is -1.98. The van der Waals surface area contributed by atoms with Gasteiger partial charge in [-0.25, -0.2) is 9.78 Å². The van der Waals surface area contributed by atoms with Crippen molar-refractivity contribution in [2.75, 3.05) is 7.11 Å². The third-order valence-electron chi connectivity index (χ3n) is 3.47. The minimum Gasteiger partial charge on any atom is -0.465 e. The van der Waals surface area contributed by atoms with Gasteiger partial charge in [-0.2, -0.15) is 0 Å². The number of carbonyl (C=O) groups excluding carboxylic acids is 1. The Balaban J connectivity index is 0.00000220. The number of nitrogens with zero attached hydrogens (tertiary/aromatic N) is 1. The van der Waals surface area contributed by atoms with Crippen LogP contribution in [0.25, 0.3) is 11.0 Å². The molecule has 0 saturated carbocycles. The third kappa shape index (κ3) is 4.74. The second kappa shape index (κ2) is 8.67. The fourth-order valence-electron chi connectivity index (χ4n) is 2.32. The first-order chi connectivity index (χ1) is 9.74. The number of aromatic nitrogens is 2. The molecule has 116 valence electrons. The number of imidazole rings is 1. The van der Waals surface area contributed by atoms with Gasteiger partial charge in [-0.3, -0.25) is 0 Å². The molecule has 0 fully saturated rings. The summed E-state index contributed by atoms with van der Waals surface area (Å²) in [5.41, 5.74) is 2.36. The molecular weight excluding hydrogens is 288 g/mol. The number of rotatable bonds is 7. The number of benzene rings is 1. The first kappa shape index (κ1) is 17.5. The summed E-state index contributed by atoms with van der Waals surface area (Å²) in [6, 6.07) is 5.41. The van der Waals surface area contributed by atoms with Crippen LogP contribution in [0.4, 0.5) is 0 Å². The molecule has 5 heteroatoms. The first-order valence-electron chi connectivity index (χ1n) is 7.31. The molecule has 2 rings (SSSR count). The van der Waals surface area contributed by atoms with Crippen molar-refractivity contribution >= 4 is 29.4 Å². The van der Waals surface area contributed by atoms with Crippen LogP contribution < -0.4 is 0 Å². The molecule has 1 N–H and O–H groups in total. The van der Waals surface area contributed by atoms with E-state index in [0.717, 1.165) is 29.7 Å². The zero-order valence-electron chi connectivity index (χ0n) is 12.6. The summed E-state index contributed by atoms with van der Waals surface area (Å²) in [6.07, 6.45) is 7.24. The number of esters is 1. The molecular formula is C16H23ClN2O2. The molecule has 1 heterocycles.